The summed E-state index contributed by atoms with van der Waals surface area (Å²) in [6.07, 6.45) is 19.8. The molecule has 1 aliphatic heterocycles. The second kappa shape index (κ2) is 21.5. The number of rotatable bonds is 23. The first-order chi connectivity index (χ1) is 18.2. The molecule has 4 atom stereocenters. The number of hydrogen-bond acceptors (Lipinski definition) is 8. The summed E-state index contributed by atoms with van der Waals surface area (Å²) in [6, 6.07) is -1.45. The van der Waals surface area contributed by atoms with Crippen molar-refractivity contribution < 1.29 is 42.7 Å². The molecule has 1 fully saturated rings. The second-order valence-electron chi connectivity index (χ2n) is 9.92. The van der Waals surface area contributed by atoms with Crippen LogP contribution in [0.3, 0.4) is 0 Å². The third kappa shape index (κ3) is 18.1. The monoisotopic (exact) mass is 563 g/mol. The molecule has 1 saturated heterocycles. The zero-order valence-corrected chi connectivity index (χ0v) is 24.0. The number of nitrogens with two attached hydrogens (primary N) is 1. The average Bonchev–Trinajstić information content (AvgIpc) is 2.88. The van der Waals surface area contributed by atoms with Crippen LogP contribution in [0.4, 0.5) is 0 Å². The van der Waals surface area contributed by atoms with Crippen molar-refractivity contribution in [2.45, 2.75) is 128 Å². The van der Waals surface area contributed by atoms with Crippen LogP contribution in [-0.2, 0) is 32.7 Å². The van der Waals surface area contributed by atoms with Crippen molar-refractivity contribution in [1.82, 2.24) is 0 Å². The van der Waals surface area contributed by atoms with Crippen LogP contribution < -0.4 is 5.73 Å². The maximum Gasteiger partial charge on any atom is 0.472 e. The van der Waals surface area contributed by atoms with Crippen molar-refractivity contribution >= 4 is 19.8 Å². The van der Waals surface area contributed by atoms with Crippen molar-refractivity contribution in [3.63, 3.8) is 0 Å². The molecule has 1 aliphatic rings. The minimum Gasteiger partial charge on any atom is -0.480 e. The second-order valence-corrected chi connectivity index (χ2v) is 11.3. The molecule has 0 spiro atoms. The molecular weight excluding hydrogens is 513 g/mol. The van der Waals surface area contributed by atoms with Crippen LogP contribution >= 0.6 is 7.82 Å². The van der Waals surface area contributed by atoms with Crippen molar-refractivity contribution in [1.29, 1.82) is 0 Å². The van der Waals surface area contributed by atoms with E-state index in [2.05, 4.69) is 23.6 Å². The molecule has 222 valence electrons. The summed E-state index contributed by atoms with van der Waals surface area (Å²) in [5.74, 6) is -1.70. The van der Waals surface area contributed by atoms with Gasteiger partial charge in [0.25, 0.3) is 0 Å². The van der Waals surface area contributed by atoms with E-state index in [0.717, 1.165) is 32.1 Å². The molecule has 0 saturated carbocycles. The average molecular weight is 564 g/mol. The van der Waals surface area contributed by atoms with Gasteiger partial charge in [-0.15, -0.1) is 0 Å². The Kier molecular flexibility index (Phi) is 19.7. The van der Waals surface area contributed by atoms with E-state index in [9.17, 15) is 19.0 Å². The van der Waals surface area contributed by atoms with E-state index in [-0.39, 0.29) is 12.6 Å². The topological polar surface area (TPSA) is 155 Å². The third-order valence-electron chi connectivity index (χ3n) is 6.43. The summed E-state index contributed by atoms with van der Waals surface area (Å²) < 4.78 is 32.9. The number of esters is 1. The van der Waals surface area contributed by atoms with E-state index in [4.69, 9.17) is 24.8 Å². The predicted molar refractivity (Wildman–Crippen MR) is 146 cm³/mol. The Balaban J connectivity index is 2.11. The number of ether oxygens (including phenoxy) is 2. The fourth-order valence-electron chi connectivity index (χ4n) is 4.12. The van der Waals surface area contributed by atoms with E-state index >= 15 is 0 Å². The molecule has 1 unspecified atom stereocenters. The van der Waals surface area contributed by atoms with Gasteiger partial charge >= 0.3 is 19.8 Å². The Morgan fingerprint density at radius 2 is 1.63 bits per heavy atom. The highest BCUT2D eigenvalue weighted by molar-refractivity contribution is 7.47. The van der Waals surface area contributed by atoms with Gasteiger partial charge in [0.2, 0.25) is 0 Å². The maximum atomic E-state index is 12.2. The number of phosphoric acid groups is 1. The molecule has 0 aliphatic carbocycles. The van der Waals surface area contributed by atoms with Crippen LogP contribution in [0, 0.1) is 0 Å². The predicted octanol–water partition coefficient (Wildman–Crippen LogP) is 5.66. The number of carboxylic acid groups (broad SMARTS) is 1. The van der Waals surface area contributed by atoms with Crippen LogP contribution in [0.25, 0.3) is 0 Å². The Morgan fingerprint density at radius 3 is 2.26 bits per heavy atom. The molecule has 1 heterocycles. The molecule has 0 amide bonds. The van der Waals surface area contributed by atoms with Crippen LogP contribution in [0.15, 0.2) is 12.2 Å². The number of unbranched alkanes of at least 4 members (excludes halogenated alkanes) is 11. The van der Waals surface area contributed by atoms with E-state index in [1.807, 2.05) is 0 Å². The Labute approximate surface area is 228 Å². The highest BCUT2D eigenvalue weighted by Gasteiger charge is 2.36. The van der Waals surface area contributed by atoms with Crippen LogP contribution in [0.5, 0.6) is 0 Å². The lowest BCUT2D eigenvalue weighted by molar-refractivity contribution is -0.154. The van der Waals surface area contributed by atoms with E-state index < -0.39 is 38.6 Å². The summed E-state index contributed by atoms with van der Waals surface area (Å²) in [5, 5.41) is 8.76. The van der Waals surface area contributed by atoms with Crippen molar-refractivity contribution in [3.8, 4) is 0 Å². The van der Waals surface area contributed by atoms with Crippen LogP contribution in [0.2, 0.25) is 0 Å². The Bertz CT molecular complexity index is 719. The molecule has 0 radical (unpaired) electrons. The largest absolute Gasteiger partial charge is 0.480 e. The number of aliphatic carboxylic acids is 1. The van der Waals surface area contributed by atoms with Gasteiger partial charge < -0.3 is 25.2 Å². The summed E-state index contributed by atoms with van der Waals surface area (Å²) >= 11 is 0. The molecular formula is C27H50NO9P. The molecule has 11 heteroatoms. The van der Waals surface area contributed by atoms with Crippen LogP contribution in [-0.4, -0.2) is 60.0 Å². The van der Waals surface area contributed by atoms with Gasteiger partial charge in [-0.2, -0.15) is 0 Å². The zero-order chi connectivity index (χ0) is 28.1. The van der Waals surface area contributed by atoms with E-state index in [0.29, 0.717) is 25.9 Å². The smallest absolute Gasteiger partial charge is 0.472 e. The number of hydrogen-bond donors (Lipinski definition) is 3. The lowest BCUT2D eigenvalue weighted by Gasteiger charge is -2.32. The highest BCUT2D eigenvalue weighted by Crippen LogP contribution is 2.46. The quantitative estimate of drug-likeness (QED) is 0.0614. The molecule has 0 aromatic carbocycles. The first kappa shape index (κ1) is 34.7. The van der Waals surface area contributed by atoms with Gasteiger partial charge in [-0.05, 0) is 44.9 Å². The number of phosphoric ester groups is 1. The normalized spacial score (nSPS) is 20.3. The number of carbonyl (C=O) groups is 2. The van der Waals surface area contributed by atoms with Crippen LogP contribution in [0.1, 0.15) is 110 Å². The number of carboxylic acids is 1. The molecule has 1 rings (SSSR count). The molecule has 38 heavy (non-hydrogen) atoms. The SMILES string of the molecule is CCCCCCCC/C=C\CCCCCCCC(=O)OC[C@H]1OCCC[C@H]1OP(=O)(O)OC[C@H](N)C(=O)O. The van der Waals surface area contributed by atoms with Crippen molar-refractivity contribution in [3.05, 3.63) is 12.2 Å². The van der Waals surface area contributed by atoms with E-state index in [1.165, 1.54) is 51.4 Å². The van der Waals surface area contributed by atoms with Gasteiger partial charge in [0.05, 0.1) is 12.7 Å². The number of allylic oxidation sites excluding steroid dienone is 2. The summed E-state index contributed by atoms with van der Waals surface area (Å²) in [6.45, 7) is 1.89. The van der Waals surface area contributed by atoms with Gasteiger partial charge in [-0.3, -0.25) is 18.6 Å². The lowest BCUT2D eigenvalue weighted by atomic mass is 10.1. The summed E-state index contributed by atoms with van der Waals surface area (Å²) in [7, 11) is -4.55. The minimum atomic E-state index is -4.55. The lowest BCUT2D eigenvalue weighted by Crippen LogP contribution is -2.40. The summed E-state index contributed by atoms with van der Waals surface area (Å²) in [5.41, 5.74) is 5.28. The third-order valence-corrected chi connectivity index (χ3v) is 7.45. The molecule has 0 aromatic rings. The molecule has 0 aromatic heterocycles. The van der Waals surface area contributed by atoms with Crippen molar-refractivity contribution in [2.75, 3.05) is 19.8 Å². The fraction of sp³-hybridized carbons (Fsp3) is 0.852. The van der Waals surface area contributed by atoms with Gasteiger partial charge in [0, 0.05) is 13.0 Å². The van der Waals surface area contributed by atoms with Crippen molar-refractivity contribution in [2.24, 2.45) is 5.73 Å². The van der Waals surface area contributed by atoms with E-state index in [1.54, 1.807) is 0 Å². The maximum absolute atomic E-state index is 12.2. The highest BCUT2D eigenvalue weighted by atomic mass is 31.2. The fourth-order valence-corrected chi connectivity index (χ4v) is 5.12. The van der Waals surface area contributed by atoms with Gasteiger partial charge in [-0.1, -0.05) is 70.4 Å². The molecule has 10 nitrogen and oxygen atoms in total. The Hall–Kier alpha value is -1.29. The number of carbonyl (C=O) groups excluding carboxylic acids is 1. The molecule has 0 bridgehead atoms. The molecule has 4 N–H and O–H groups in total. The summed E-state index contributed by atoms with van der Waals surface area (Å²) in [4.78, 5) is 32.8. The standard InChI is InChI=1S/C27H50NO9P/c1-2-3-4-5-6-7-8-9-10-11-12-13-14-15-16-19-26(29)35-22-25-24(18-17-20-34-25)37-38(32,33)36-21-23(28)27(30)31/h9-10,23-25H,2-8,11-22,28H2,1H3,(H,30,31)(H,32,33)/b10-9-/t23-,24+,25+/m0/s1. The Morgan fingerprint density at radius 1 is 1.03 bits per heavy atom. The first-order valence-corrected chi connectivity index (χ1v) is 15.8. The van der Waals surface area contributed by atoms with Gasteiger partial charge in [0.15, 0.2) is 0 Å². The minimum absolute atomic E-state index is 0.0940. The zero-order valence-electron chi connectivity index (χ0n) is 23.1. The van der Waals surface area contributed by atoms with Gasteiger partial charge in [-0.25, -0.2) is 4.57 Å². The van der Waals surface area contributed by atoms with Gasteiger partial charge in [0.1, 0.15) is 18.8 Å². The first-order valence-electron chi connectivity index (χ1n) is 14.3.